The smallest absolute Gasteiger partial charge is 0.322 e. The number of hydrogen-bond donors (Lipinski definition) is 1. The summed E-state index contributed by atoms with van der Waals surface area (Å²) < 4.78 is 17.7. The van der Waals surface area contributed by atoms with E-state index in [0.717, 1.165) is 11.4 Å². The fraction of sp³-hybridized carbons (Fsp3) is 0.438. The van der Waals surface area contributed by atoms with E-state index in [0.29, 0.717) is 23.3 Å². The van der Waals surface area contributed by atoms with Gasteiger partial charge in [0.15, 0.2) is 11.5 Å². The molecular weight excluding hydrogens is 344 g/mol. The van der Waals surface area contributed by atoms with Gasteiger partial charge in [-0.05, 0) is 31.5 Å². The van der Waals surface area contributed by atoms with E-state index in [1.165, 1.54) is 11.8 Å². The fourth-order valence-electron chi connectivity index (χ4n) is 2.66. The van der Waals surface area contributed by atoms with Crippen LogP contribution in [0.4, 0.5) is 0 Å². The van der Waals surface area contributed by atoms with Crippen LogP contribution in [0, 0.1) is 6.92 Å². The SMILES string of the molecule is CCOC(=O)[C@H]1Sc2nnc(C)n2N[C@@H]1c1ccc(OC)c(OC)c1. The first-order valence-electron chi connectivity index (χ1n) is 7.82. The number of nitrogens with zero attached hydrogens (tertiary/aromatic N) is 3. The van der Waals surface area contributed by atoms with E-state index in [4.69, 9.17) is 14.2 Å². The standard InChI is InChI=1S/C16H20N4O4S/c1-5-24-15(21)14-13(19-20-9(2)17-18-16(20)25-14)10-6-7-11(22-3)12(8-10)23-4/h6-8,13-14,19H,5H2,1-4H3/t13-,14+/m1/s1. The summed E-state index contributed by atoms with van der Waals surface area (Å²) in [5.74, 6) is 1.64. The molecule has 0 fully saturated rings. The monoisotopic (exact) mass is 364 g/mol. The summed E-state index contributed by atoms with van der Waals surface area (Å²) in [7, 11) is 3.16. The molecule has 0 radical (unpaired) electrons. The Morgan fingerprint density at radius 2 is 2.04 bits per heavy atom. The molecule has 2 aromatic rings. The summed E-state index contributed by atoms with van der Waals surface area (Å²) in [5.41, 5.74) is 4.19. The van der Waals surface area contributed by atoms with Crippen LogP contribution in [0.25, 0.3) is 0 Å². The number of rotatable bonds is 5. The van der Waals surface area contributed by atoms with Crippen LogP contribution in [0.2, 0.25) is 0 Å². The number of carbonyl (C=O) groups is 1. The molecule has 0 aliphatic carbocycles. The van der Waals surface area contributed by atoms with Gasteiger partial charge in [-0.25, -0.2) is 4.68 Å². The Kier molecular flexibility index (Phi) is 5.03. The van der Waals surface area contributed by atoms with E-state index < -0.39 is 5.25 Å². The molecule has 9 heteroatoms. The van der Waals surface area contributed by atoms with Gasteiger partial charge in [0, 0.05) is 0 Å². The third-order valence-electron chi connectivity index (χ3n) is 3.88. The quantitative estimate of drug-likeness (QED) is 0.805. The Bertz CT molecular complexity index is 779. The Morgan fingerprint density at radius 3 is 2.72 bits per heavy atom. The van der Waals surface area contributed by atoms with Crippen molar-refractivity contribution < 1.29 is 19.0 Å². The molecule has 0 unspecified atom stereocenters. The van der Waals surface area contributed by atoms with Crippen molar-refractivity contribution >= 4 is 17.7 Å². The number of aromatic nitrogens is 3. The number of fused-ring (bicyclic) bond motifs is 1. The molecule has 0 amide bonds. The van der Waals surface area contributed by atoms with Crippen LogP contribution in [0.1, 0.15) is 24.4 Å². The largest absolute Gasteiger partial charge is 0.493 e. The van der Waals surface area contributed by atoms with E-state index in [1.807, 2.05) is 25.1 Å². The second-order valence-corrected chi connectivity index (χ2v) is 6.49. The summed E-state index contributed by atoms with van der Waals surface area (Å²) in [6.45, 7) is 3.96. The highest BCUT2D eigenvalue weighted by Crippen LogP contribution is 2.39. The first-order chi connectivity index (χ1) is 12.1. The Hall–Kier alpha value is -2.42. The van der Waals surface area contributed by atoms with Crippen LogP contribution in [0.15, 0.2) is 23.4 Å². The third kappa shape index (κ3) is 3.23. The average Bonchev–Trinajstić information content (AvgIpc) is 3.00. The minimum atomic E-state index is -0.492. The van der Waals surface area contributed by atoms with E-state index in [2.05, 4.69) is 15.6 Å². The zero-order valence-electron chi connectivity index (χ0n) is 14.5. The molecule has 134 valence electrons. The molecule has 2 atom stereocenters. The highest BCUT2D eigenvalue weighted by Gasteiger charge is 2.38. The lowest BCUT2D eigenvalue weighted by atomic mass is 10.0. The molecule has 3 rings (SSSR count). The second kappa shape index (κ2) is 7.22. The van der Waals surface area contributed by atoms with Crippen molar-refractivity contribution in [3.63, 3.8) is 0 Å². The molecule has 0 saturated heterocycles. The molecule has 0 spiro atoms. The number of esters is 1. The molecule has 1 aromatic heterocycles. The molecule has 2 heterocycles. The number of thioether (sulfide) groups is 1. The molecule has 0 bridgehead atoms. The van der Waals surface area contributed by atoms with Crippen LogP contribution < -0.4 is 14.9 Å². The van der Waals surface area contributed by atoms with Crippen LogP contribution in [0.5, 0.6) is 11.5 Å². The fourth-order valence-corrected chi connectivity index (χ4v) is 3.78. The van der Waals surface area contributed by atoms with Gasteiger partial charge < -0.3 is 19.6 Å². The molecule has 1 aliphatic heterocycles. The van der Waals surface area contributed by atoms with Gasteiger partial charge in [-0.2, -0.15) is 0 Å². The first-order valence-corrected chi connectivity index (χ1v) is 8.70. The number of carbonyl (C=O) groups excluding carboxylic acids is 1. The molecule has 1 aromatic carbocycles. The van der Waals surface area contributed by atoms with Gasteiger partial charge >= 0.3 is 5.97 Å². The van der Waals surface area contributed by atoms with Crippen molar-refractivity contribution in [3.05, 3.63) is 29.6 Å². The molecule has 8 nitrogen and oxygen atoms in total. The zero-order valence-corrected chi connectivity index (χ0v) is 15.3. The Labute approximate surface area is 149 Å². The summed E-state index contributed by atoms with van der Waals surface area (Å²) in [6, 6.07) is 5.24. The van der Waals surface area contributed by atoms with Gasteiger partial charge in [-0.15, -0.1) is 10.2 Å². The number of nitrogens with one attached hydrogen (secondary N) is 1. The molecule has 0 saturated carbocycles. The second-order valence-electron chi connectivity index (χ2n) is 5.38. The van der Waals surface area contributed by atoms with Crippen molar-refractivity contribution in [3.8, 4) is 11.5 Å². The molecule has 1 N–H and O–H groups in total. The highest BCUT2D eigenvalue weighted by atomic mass is 32.2. The van der Waals surface area contributed by atoms with Gasteiger partial charge in [0.1, 0.15) is 11.1 Å². The van der Waals surface area contributed by atoms with Crippen molar-refractivity contribution in [1.82, 2.24) is 14.9 Å². The normalized spacial score (nSPS) is 18.9. The lowest BCUT2D eigenvalue weighted by Gasteiger charge is -2.32. The summed E-state index contributed by atoms with van der Waals surface area (Å²) in [5, 5.41) is 8.30. The molecule has 1 aliphatic rings. The minimum Gasteiger partial charge on any atom is -0.493 e. The topological polar surface area (TPSA) is 87.5 Å². The number of hydrogen-bond acceptors (Lipinski definition) is 8. The van der Waals surface area contributed by atoms with Crippen molar-refractivity contribution in [2.24, 2.45) is 0 Å². The first kappa shape index (κ1) is 17.4. The number of aryl methyl sites for hydroxylation is 1. The number of methoxy groups -OCH3 is 2. The van der Waals surface area contributed by atoms with E-state index in [-0.39, 0.29) is 12.0 Å². The maximum Gasteiger partial charge on any atom is 0.322 e. The van der Waals surface area contributed by atoms with Crippen LogP contribution in [-0.2, 0) is 9.53 Å². The minimum absolute atomic E-state index is 0.299. The lowest BCUT2D eigenvalue weighted by molar-refractivity contribution is -0.142. The third-order valence-corrected chi connectivity index (χ3v) is 5.08. The van der Waals surface area contributed by atoms with Gasteiger partial charge in [0.2, 0.25) is 5.16 Å². The summed E-state index contributed by atoms with van der Waals surface area (Å²) >= 11 is 1.33. The predicted molar refractivity (Wildman–Crippen MR) is 92.7 cm³/mol. The summed E-state index contributed by atoms with van der Waals surface area (Å²) in [6.07, 6.45) is 0. The van der Waals surface area contributed by atoms with E-state index in [9.17, 15) is 4.79 Å². The van der Waals surface area contributed by atoms with Gasteiger partial charge in [-0.1, -0.05) is 17.8 Å². The lowest BCUT2D eigenvalue weighted by Crippen LogP contribution is -2.39. The predicted octanol–water partition coefficient (Wildman–Crippen LogP) is 1.93. The van der Waals surface area contributed by atoms with Crippen molar-refractivity contribution in [1.29, 1.82) is 0 Å². The Morgan fingerprint density at radius 1 is 1.28 bits per heavy atom. The van der Waals surface area contributed by atoms with E-state index in [1.54, 1.807) is 25.8 Å². The zero-order chi connectivity index (χ0) is 18.0. The number of benzene rings is 1. The van der Waals surface area contributed by atoms with E-state index >= 15 is 0 Å². The number of ether oxygens (including phenoxy) is 3. The highest BCUT2D eigenvalue weighted by molar-refractivity contribution is 8.00. The molecular formula is C16H20N4O4S. The summed E-state index contributed by atoms with van der Waals surface area (Å²) in [4.78, 5) is 12.5. The van der Waals surface area contributed by atoms with Gasteiger partial charge in [0.25, 0.3) is 0 Å². The van der Waals surface area contributed by atoms with Crippen LogP contribution in [-0.4, -0.2) is 46.9 Å². The van der Waals surface area contributed by atoms with Gasteiger partial charge in [0.05, 0.1) is 26.9 Å². The maximum absolute atomic E-state index is 12.5. The molecule has 25 heavy (non-hydrogen) atoms. The average molecular weight is 364 g/mol. The Balaban J connectivity index is 2.01. The van der Waals surface area contributed by atoms with Crippen molar-refractivity contribution in [2.75, 3.05) is 26.3 Å². The van der Waals surface area contributed by atoms with Crippen LogP contribution >= 0.6 is 11.8 Å². The van der Waals surface area contributed by atoms with Gasteiger partial charge in [-0.3, -0.25) is 4.79 Å². The van der Waals surface area contributed by atoms with Crippen LogP contribution in [0.3, 0.4) is 0 Å². The maximum atomic E-state index is 12.5. The van der Waals surface area contributed by atoms with Crippen molar-refractivity contribution in [2.45, 2.75) is 30.3 Å².